The molecule has 1 aromatic carbocycles. The Morgan fingerprint density at radius 3 is 2.78 bits per heavy atom. The maximum absolute atomic E-state index is 12.0. The molecule has 1 aliphatic heterocycles. The number of nitrogens with one attached hydrogen (secondary N) is 2. The average molecular weight is 332 g/mol. The molecule has 23 heavy (non-hydrogen) atoms. The molecule has 120 valence electrons. The molecule has 0 saturated carbocycles. The molecule has 2 aromatic rings. The van der Waals surface area contributed by atoms with E-state index in [1.165, 1.54) is 16.2 Å². The van der Waals surface area contributed by atoms with Crippen molar-refractivity contribution in [2.24, 2.45) is 0 Å². The molecule has 1 fully saturated rings. The van der Waals surface area contributed by atoms with Gasteiger partial charge in [0.2, 0.25) is 0 Å². The highest BCUT2D eigenvalue weighted by atomic mass is 32.1. The molecular formula is C15H16N4O3S. The van der Waals surface area contributed by atoms with Gasteiger partial charge in [0.25, 0.3) is 0 Å². The summed E-state index contributed by atoms with van der Waals surface area (Å²) < 4.78 is 0. The molecule has 1 aliphatic rings. The van der Waals surface area contributed by atoms with Gasteiger partial charge in [-0.3, -0.25) is 5.32 Å². The smallest absolute Gasteiger partial charge is 0.407 e. The van der Waals surface area contributed by atoms with E-state index >= 15 is 0 Å². The minimum atomic E-state index is -0.956. The summed E-state index contributed by atoms with van der Waals surface area (Å²) in [6.07, 6.45) is -0.338. The number of anilines is 1. The summed E-state index contributed by atoms with van der Waals surface area (Å²) >= 11 is 1.35. The van der Waals surface area contributed by atoms with E-state index in [4.69, 9.17) is 5.11 Å². The first kappa shape index (κ1) is 15.3. The van der Waals surface area contributed by atoms with Gasteiger partial charge in [0, 0.05) is 30.1 Å². The van der Waals surface area contributed by atoms with Crippen molar-refractivity contribution in [3.63, 3.8) is 0 Å². The molecule has 3 N–H and O–H groups in total. The van der Waals surface area contributed by atoms with Gasteiger partial charge >= 0.3 is 12.1 Å². The number of benzene rings is 1. The number of carbonyl (C=O) groups is 2. The maximum atomic E-state index is 12.0. The molecule has 0 radical (unpaired) electrons. The number of rotatable bonds is 3. The fourth-order valence-electron chi connectivity index (χ4n) is 2.44. The first-order chi connectivity index (χ1) is 11.1. The Morgan fingerprint density at radius 2 is 2.09 bits per heavy atom. The van der Waals surface area contributed by atoms with Gasteiger partial charge in [-0.15, -0.1) is 11.3 Å². The molecule has 7 nitrogen and oxygen atoms in total. The average Bonchev–Trinajstić information content (AvgIpc) is 3.18. The summed E-state index contributed by atoms with van der Waals surface area (Å²) in [4.78, 5) is 28.5. The third-order valence-electron chi connectivity index (χ3n) is 3.59. The van der Waals surface area contributed by atoms with Gasteiger partial charge in [-0.2, -0.15) is 0 Å². The number of amides is 3. The van der Waals surface area contributed by atoms with Crippen LogP contribution in [0, 0.1) is 0 Å². The molecule has 3 rings (SSSR count). The quantitative estimate of drug-likeness (QED) is 0.805. The van der Waals surface area contributed by atoms with Crippen LogP contribution in [-0.4, -0.2) is 46.2 Å². The van der Waals surface area contributed by atoms with Crippen LogP contribution in [0.3, 0.4) is 0 Å². The number of carboxylic acid groups (broad SMARTS) is 1. The molecule has 0 bridgehead atoms. The lowest BCUT2D eigenvalue weighted by atomic mass is 10.2. The second kappa shape index (κ2) is 6.66. The largest absolute Gasteiger partial charge is 0.465 e. The lowest BCUT2D eigenvalue weighted by molar-refractivity contribution is 0.154. The van der Waals surface area contributed by atoms with Crippen LogP contribution in [0.5, 0.6) is 0 Å². The van der Waals surface area contributed by atoms with E-state index in [1.807, 2.05) is 35.7 Å². The van der Waals surface area contributed by atoms with E-state index in [1.54, 1.807) is 0 Å². The van der Waals surface area contributed by atoms with Crippen LogP contribution in [-0.2, 0) is 0 Å². The predicted octanol–water partition coefficient (Wildman–Crippen LogP) is 2.68. The van der Waals surface area contributed by atoms with Gasteiger partial charge in [0.15, 0.2) is 5.13 Å². The van der Waals surface area contributed by atoms with Crippen LogP contribution in [0.2, 0.25) is 0 Å². The van der Waals surface area contributed by atoms with Gasteiger partial charge in [-0.05, 0) is 6.42 Å². The van der Waals surface area contributed by atoms with Crippen LogP contribution in [0.4, 0.5) is 14.7 Å². The zero-order valence-electron chi connectivity index (χ0n) is 12.2. The van der Waals surface area contributed by atoms with Crippen molar-refractivity contribution in [3.05, 3.63) is 35.7 Å². The van der Waals surface area contributed by atoms with Crippen LogP contribution < -0.4 is 10.6 Å². The first-order valence-electron chi connectivity index (χ1n) is 7.18. The van der Waals surface area contributed by atoms with E-state index in [-0.39, 0.29) is 12.1 Å². The van der Waals surface area contributed by atoms with Gasteiger partial charge < -0.3 is 15.3 Å². The van der Waals surface area contributed by atoms with Crippen LogP contribution in [0.25, 0.3) is 11.3 Å². The number of nitrogens with zero attached hydrogens (tertiary/aromatic N) is 2. The van der Waals surface area contributed by atoms with Crippen LogP contribution in [0.1, 0.15) is 6.42 Å². The Labute approximate surface area is 137 Å². The minimum absolute atomic E-state index is 0.167. The Kier molecular flexibility index (Phi) is 4.42. The number of likely N-dealkylation sites (tertiary alicyclic amines) is 1. The molecule has 1 unspecified atom stereocenters. The molecule has 1 atom stereocenters. The Morgan fingerprint density at radius 1 is 1.30 bits per heavy atom. The monoisotopic (exact) mass is 332 g/mol. The van der Waals surface area contributed by atoms with E-state index in [0.29, 0.717) is 24.6 Å². The number of aromatic nitrogens is 1. The van der Waals surface area contributed by atoms with Crippen molar-refractivity contribution in [1.29, 1.82) is 0 Å². The fraction of sp³-hybridized carbons (Fsp3) is 0.267. The van der Waals surface area contributed by atoms with Crippen molar-refractivity contribution in [1.82, 2.24) is 15.2 Å². The Hall–Kier alpha value is -2.61. The van der Waals surface area contributed by atoms with Gasteiger partial charge in [-0.1, -0.05) is 30.3 Å². The van der Waals surface area contributed by atoms with Crippen molar-refractivity contribution < 1.29 is 14.7 Å². The summed E-state index contributed by atoms with van der Waals surface area (Å²) in [5, 5.41) is 16.8. The van der Waals surface area contributed by atoms with Crippen molar-refractivity contribution in [2.45, 2.75) is 12.5 Å². The zero-order valence-corrected chi connectivity index (χ0v) is 13.0. The van der Waals surface area contributed by atoms with E-state index in [9.17, 15) is 9.59 Å². The highest BCUT2D eigenvalue weighted by molar-refractivity contribution is 7.14. The van der Waals surface area contributed by atoms with Gasteiger partial charge in [0.1, 0.15) is 0 Å². The molecule has 1 saturated heterocycles. The van der Waals surface area contributed by atoms with E-state index < -0.39 is 6.09 Å². The Bertz CT molecular complexity index is 704. The molecule has 0 spiro atoms. The second-order valence-electron chi connectivity index (χ2n) is 5.22. The minimum Gasteiger partial charge on any atom is -0.465 e. The number of thiazole rings is 1. The second-order valence-corrected chi connectivity index (χ2v) is 6.07. The topological polar surface area (TPSA) is 94.6 Å². The van der Waals surface area contributed by atoms with Crippen molar-refractivity contribution in [3.8, 4) is 11.3 Å². The molecule has 2 heterocycles. The number of urea groups is 1. The third-order valence-corrected chi connectivity index (χ3v) is 4.35. The SMILES string of the molecule is O=C(Nc1nc(-c2ccccc2)cs1)NC1CCN(C(=O)O)C1. The predicted molar refractivity (Wildman–Crippen MR) is 87.7 cm³/mol. The number of carbonyl (C=O) groups excluding carboxylic acids is 1. The molecule has 1 aromatic heterocycles. The van der Waals surface area contributed by atoms with Crippen LogP contribution >= 0.6 is 11.3 Å². The standard InChI is InChI=1S/C15H16N4O3S/c20-13(16-11-6-7-19(8-11)15(21)22)18-14-17-12(9-23-14)10-4-2-1-3-5-10/h1-5,9,11H,6-8H2,(H,21,22)(H2,16,17,18,20). The number of hydrogen-bond acceptors (Lipinski definition) is 4. The van der Waals surface area contributed by atoms with Crippen molar-refractivity contribution >= 4 is 28.6 Å². The van der Waals surface area contributed by atoms with Crippen molar-refractivity contribution in [2.75, 3.05) is 18.4 Å². The fourth-order valence-corrected chi connectivity index (χ4v) is 3.16. The summed E-state index contributed by atoms with van der Waals surface area (Å²) in [6.45, 7) is 0.756. The summed E-state index contributed by atoms with van der Waals surface area (Å²) in [5.41, 5.74) is 1.80. The number of hydrogen-bond donors (Lipinski definition) is 3. The normalized spacial score (nSPS) is 17.0. The highest BCUT2D eigenvalue weighted by Gasteiger charge is 2.27. The summed E-state index contributed by atoms with van der Waals surface area (Å²) in [7, 11) is 0. The molecule has 0 aliphatic carbocycles. The molecule has 8 heteroatoms. The van der Waals surface area contributed by atoms with Gasteiger partial charge in [0.05, 0.1) is 5.69 Å². The lowest BCUT2D eigenvalue weighted by Crippen LogP contribution is -2.40. The highest BCUT2D eigenvalue weighted by Crippen LogP contribution is 2.24. The maximum Gasteiger partial charge on any atom is 0.407 e. The van der Waals surface area contributed by atoms with E-state index in [0.717, 1.165) is 11.3 Å². The van der Waals surface area contributed by atoms with Crippen LogP contribution in [0.15, 0.2) is 35.7 Å². The van der Waals surface area contributed by atoms with E-state index in [2.05, 4.69) is 15.6 Å². The lowest BCUT2D eigenvalue weighted by Gasteiger charge is -2.13. The first-order valence-corrected chi connectivity index (χ1v) is 8.06. The Balaban J connectivity index is 1.55. The molecular weight excluding hydrogens is 316 g/mol. The zero-order chi connectivity index (χ0) is 16.2. The van der Waals surface area contributed by atoms with Gasteiger partial charge in [-0.25, -0.2) is 14.6 Å². The third kappa shape index (κ3) is 3.78. The molecule has 3 amide bonds. The summed E-state index contributed by atoms with van der Waals surface area (Å²) in [6, 6.07) is 9.18. The summed E-state index contributed by atoms with van der Waals surface area (Å²) in [5.74, 6) is 0.